The number of pyridine rings is 1. The van der Waals surface area contributed by atoms with E-state index in [1.54, 1.807) is 27.7 Å². The number of hydrogen-bond acceptors (Lipinski definition) is 5. The summed E-state index contributed by atoms with van der Waals surface area (Å²) in [6, 6.07) is 5.16. The third kappa shape index (κ3) is 4.81. The van der Waals surface area contributed by atoms with Gasteiger partial charge in [-0.25, -0.2) is 4.79 Å². The molecule has 6 nitrogen and oxygen atoms in total. The number of nitriles is 1. The summed E-state index contributed by atoms with van der Waals surface area (Å²) < 4.78 is 71.4. The standard InChI is InChI=1S/C22H24F5N3O3S/c1-20(2,3)33-19(31)30-13-21(4,14-30)22(32,17-9-15(10-28)11-29-12-17)16-5-7-18(8-6-16)34(23,24,25,26)27/h5-9,11-12,32H,13-14H2,1-4H3. The van der Waals surface area contributed by atoms with Crippen LogP contribution in [0.15, 0.2) is 47.6 Å². The normalized spacial score (nSPS) is 19.6. The number of rotatable bonds is 4. The van der Waals surface area contributed by atoms with E-state index < -0.39 is 37.8 Å². The van der Waals surface area contributed by atoms with Crippen LogP contribution >= 0.6 is 10.2 Å². The molecule has 1 unspecified atom stereocenters. The number of carbonyl (C=O) groups is 1. The van der Waals surface area contributed by atoms with Gasteiger partial charge in [0.15, 0.2) is 0 Å². The summed E-state index contributed by atoms with van der Waals surface area (Å²) in [5.41, 5.74) is -3.99. The van der Waals surface area contributed by atoms with Crippen molar-refractivity contribution in [1.29, 1.82) is 5.26 Å². The number of carbonyl (C=O) groups excluding carboxylic acids is 1. The highest BCUT2D eigenvalue weighted by molar-refractivity contribution is 8.45. The molecule has 1 saturated heterocycles. The van der Waals surface area contributed by atoms with E-state index in [2.05, 4.69) is 4.98 Å². The Labute approximate surface area is 193 Å². The molecule has 1 atom stereocenters. The molecule has 34 heavy (non-hydrogen) atoms. The average Bonchev–Trinajstić information content (AvgIpc) is 2.67. The van der Waals surface area contributed by atoms with Crippen molar-refractivity contribution in [1.82, 2.24) is 9.88 Å². The predicted molar refractivity (Wildman–Crippen MR) is 116 cm³/mol. The number of benzene rings is 1. The number of ether oxygens (including phenoxy) is 1. The van der Waals surface area contributed by atoms with Crippen LogP contribution in [-0.2, 0) is 10.3 Å². The molecular weight excluding hydrogens is 481 g/mol. The van der Waals surface area contributed by atoms with Crippen LogP contribution in [0.4, 0.5) is 24.2 Å². The van der Waals surface area contributed by atoms with Gasteiger partial charge in [0.2, 0.25) is 0 Å². The minimum absolute atomic E-state index is 0.0570. The minimum atomic E-state index is -9.92. The fourth-order valence-corrected chi connectivity index (χ4v) is 4.65. The van der Waals surface area contributed by atoms with Gasteiger partial charge in [-0.05, 0) is 44.5 Å². The zero-order chi connectivity index (χ0) is 25.9. The number of halogens is 5. The number of aromatic nitrogens is 1. The monoisotopic (exact) mass is 505 g/mol. The van der Waals surface area contributed by atoms with Crippen molar-refractivity contribution < 1.29 is 34.1 Å². The van der Waals surface area contributed by atoms with Crippen LogP contribution in [0, 0.1) is 16.7 Å². The van der Waals surface area contributed by atoms with Gasteiger partial charge in [0.05, 0.1) is 5.56 Å². The van der Waals surface area contributed by atoms with E-state index in [1.165, 1.54) is 23.4 Å². The Morgan fingerprint density at radius 2 is 1.68 bits per heavy atom. The van der Waals surface area contributed by atoms with Crippen LogP contribution in [0.5, 0.6) is 0 Å². The number of hydrogen-bond donors (Lipinski definition) is 1. The van der Waals surface area contributed by atoms with Crippen molar-refractivity contribution >= 4 is 16.3 Å². The van der Waals surface area contributed by atoms with Gasteiger partial charge in [-0.2, -0.15) is 5.26 Å². The molecule has 1 aliphatic heterocycles. The lowest BCUT2D eigenvalue weighted by atomic mass is 9.62. The number of nitrogens with zero attached hydrogens (tertiary/aromatic N) is 3. The summed E-state index contributed by atoms with van der Waals surface area (Å²) in [4.78, 5) is 15.5. The molecule has 0 bridgehead atoms. The predicted octanol–water partition coefficient (Wildman–Crippen LogP) is 6.10. The smallest absolute Gasteiger partial charge is 0.410 e. The minimum Gasteiger partial charge on any atom is -0.444 e. The van der Waals surface area contributed by atoms with E-state index in [4.69, 9.17) is 4.74 Å². The van der Waals surface area contributed by atoms with Gasteiger partial charge in [0.25, 0.3) is 0 Å². The van der Waals surface area contributed by atoms with E-state index in [0.29, 0.717) is 0 Å². The zero-order valence-corrected chi connectivity index (χ0v) is 19.7. The van der Waals surface area contributed by atoms with Crippen molar-refractivity contribution in [3.8, 4) is 6.07 Å². The molecule has 0 spiro atoms. The second kappa shape index (κ2) is 7.05. The van der Waals surface area contributed by atoms with Crippen LogP contribution in [0.1, 0.15) is 44.4 Å². The summed E-state index contributed by atoms with van der Waals surface area (Å²) in [6.07, 6.45) is 1.82. The van der Waals surface area contributed by atoms with Gasteiger partial charge < -0.3 is 14.7 Å². The Kier molecular flexibility index (Phi) is 5.33. The van der Waals surface area contributed by atoms with E-state index in [0.717, 1.165) is 12.1 Å². The molecule has 1 fully saturated rings. The average molecular weight is 506 g/mol. The SMILES string of the molecule is CC(C)(C)OC(=O)N1CC(C)(C(O)(c2ccc(S(F)(F)(F)(F)F)cc2)c2cncc(C#N)c2)C1. The van der Waals surface area contributed by atoms with Gasteiger partial charge in [-0.15, -0.1) is 0 Å². The van der Waals surface area contributed by atoms with Crippen LogP contribution in [0.25, 0.3) is 0 Å². The van der Waals surface area contributed by atoms with Gasteiger partial charge in [-0.1, -0.05) is 38.5 Å². The molecule has 2 aromatic rings. The zero-order valence-electron chi connectivity index (χ0n) is 18.9. The first kappa shape index (κ1) is 25.7. The van der Waals surface area contributed by atoms with Crippen molar-refractivity contribution in [2.75, 3.05) is 13.1 Å². The summed E-state index contributed by atoms with van der Waals surface area (Å²) in [5.74, 6) is 0. The van der Waals surface area contributed by atoms with E-state index in [1.807, 2.05) is 6.07 Å². The van der Waals surface area contributed by atoms with E-state index in [9.17, 15) is 34.6 Å². The molecule has 186 valence electrons. The van der Waals surface area contributed by atoms with Crippen molar-refractivity contribution in [2.24, 2.45) is 5.41 Å². The second-order valence-corrected chi connectivity index (χ2v) is 12.1. The first-order chi connectivity index (χ1) is 15.2. The molecule has 1 aromatic heterocycles. The van der Waals surface area contributed by atoms with Crippen LogP contribution in [0.3, 0.4) is 0 Å². The third-order valence-corrected chi connectivity index (χ3v) is 6.77. The summed E-state index contributed by atoms with van der Waals surface area (Å²) in [5, 5.41) is 21.2. The van der Waals surface area contributed by atoms with Crippen LogP contribution < -0.4 is 0 Å². The Morgan fingerprint density at radius 3 is 2.15 bits per heavy atom. The van der Waals surface area contributed by atoms with Gasteiger partial charge in [-0.3, -0.25) is 4.98 Å². The van der Waals surface area contributed by atoms with Gasteiger partial charge in [0.1, 0.15) is 22.2 Å². The van der Waals surface area contributed by atoms with Crippen molar-refractivity contribution in [3.05, 3.63) is 59.4 Å². The molecule has 12 heteroatoms. The van der Waals surface area contributed by atoms with Gasteiger partial charge in [0, 0.05) is 36.5 Å². The van der Waals surface area contributed by atoms with Crippen LogP contribution in [0.2, 0.25) is 0 Å². The van der Waals surface area contributed by atoms with E-state index >= 15 is 0 Å². The van der Waals surface area contributed by atoms with Gasteiger partial charge >= 0.3 is 16.3 Å². The molecular formula is C22H24F5N3O3S. The first-order valence-corrected chi connectivity index (χ1v) is 12.0. The highest BCUT2D eigenvalue weighted by Crippen LogP contribution is 3.02. The van der Waals surface area contributed by atoms with Crippen molar-refractivity contribution in [2.45, 2.75) is 43.8 Å². The Bertz CT molecular complexity index is 1170. The molecule has 0 saturated carbocycles. The summed E-state index contributed by atoms with van der Waals surface area (Å²) in [6.45, 7) is 6.51. The van der Waals surface area contributed by atoms with Crippen molar-refractivity contribution in [3.63, 3.8) is 0 Å². The maximum atomic E-state index is 13.2. The molecule has 0 radical (unpaired) electrons. The molecule has 1 amide bonds. The lowest BCUT2D eigenvalue weighted by Gasteiger charge is -2.56. The third-order valence-electron chi connectivity index (χ3n) is 5.61. The van der Waals surface area contributed by atoms with E-state index in [-0.39, 0.29) is 41.9 Å². The first-order valence-electron chi connectivity index (χ1n) is 10.1. The summed E-state index contributed by atoms with van der Waals surface area (Å²) >= 11 is 0. The highest BCUT2D eigenvalue weighted by atomic mass is 32.5. The number of aliphatic hydroxyl groups is 1. The Hall–Kier alpha value is -2.91. The molecule has 0 aliphatic carbocycles. The van der Waals surface area contributed by atoms with Crippen LogP contribution in [-0.4, -0.2) is 39.8 Å². The number of amides is 1. The molecule has 1 aliphatic rings. The fraction of sp³-hybridized carbons (Fsp3) is 0.409. The molecule has 1 aromatic carbocycles. The second-order valence-electron chi connectivity index (χ2n) is 9.67. The quantitative estimate of drug-likeness (QED) is 0.507. The molecule has 3 rings (SSSR count). The Morgan fingerprint density at radius 1 is 1.12 bits per heavy atom. The molecule has 1 N–H and O–H groups in total. The number of likely N-dealkylation sites (tertiary alicyclic amines) is 1. The lowest BCUT2D eigenvalue weighted by Crippen LogP contribution is -2.66. The summed E-state index contributed by atoms with van der Waals surface area (Å²) in [7, 11) is -9.92. The topological polar surface area (TPSA) is 86.4 Å². The highest BCUT2D eigenvalue weighted by Gasteiger charge is 2.65. The largest absolute Gasteiger partial charge is 0.444 e. The maximum Gasteiger partial charge on any atom is 0.410 e. The Balaban J connectivity index is 2.07. The fourth-order valence-electron chi connectivity index (χ4n) is 4.00. The lowest BCUT2D eigenvalue weighted by molar-refractivity contribution is -0.131. The maximum absolute atomic E-state index is 13.2. The molecule has 2 heterocycles.